The minimum Gasteiger partial charge on any atom is -0.481 e. The third kappa shape index (κ3) is 8.15. The molecule has 146 valence electrons. The molecule has 6 nitrogen and oxygen atoms in total. The van der Waals surface area contributed by atoms with Crippen molar-refractivity contribution in [3.05, 3.63) is 47.7 Å². The number of nitrogens with zero attached hydrogens (tertiary/aromatic N) is 3. The molecule has 0 aromatic carbocycles. The third-order valence-corrected chi connectivity index (χ3v) is 4.62. The number of fused-ring (bicyclic) bond motifs is 1. The second kappa shape index (κ2) is 12.0. The average molecular weight is 370 g/mol. The van der Waals surface area contributed by atoms with Crippen LogP contribution in [0.15, 0.2) is 30.9 Å². The number of nitrogens with one attached hydrogen (secondary N) is 1. The second-order valence-corrected chi connectivity index (χ2v) is 6.86. The van der Waals surface area contributed by atoms with Gasteiger partial charge in [-0.1, -0.05) is 31.7 Å². The van der Waals surface area contributed by atoms with Crippen molar-refractivity contribution < 1.29 is 9.90 Å². The van der Waals surface area contributed by atoms with Gasteiger partial charge in [-0.15, -0.1) is 0 Å². The Morgan fingerprint density at radius 3 is 2.44 bits per heavy atom. The Hall–Kier alpha value is -2.50. The molecule has 1 aliphatic rings. The molecule has 0 unspecified atom stereocenters. The van der Waals surface area contributed by atoms with Gasteiger partial charge in [-0.05, 0) is 49.8 Å². The summed E-state index contributed by atoms with van der Waals surface area (Å²) in [6, 6.07) is 4.06. The van der Waals surface area contributed by atoms with Crippen LogP contribution in [-0.2, 0) is 17.6 Å². The largest absolute Gasteiger partial charge is 0.481 e. The summed E-state index contributed by atoms with van der Waals surface area (Å²) in [7, 11) is 0. The summed E-state index contributed by atoms with van der Waals surface area (Å²) in [5.74, 6) is 0.408. The lowest BCUT2D eigenvalue weighted by atomic mass is 10.0. The fraction of sp³-hybridized carbons (Fsp3) is 0.524. The van der Waals surface area contributed by atoms with Crippen LogP contribution in [0.4, 0.5) is 5.82 Å². The van der Waals surface area contributed by atoms with E-state index in [1.165, 1.54) is 42.4 Å². The number of carboxylic acids is 1. The van der Waals surface area contributed by atoms with Gasteiger partial charge in [0, 0.05) is 31.1 Å². The van der Waals surface area contributed by atoms with E-state index < -0.39 is 5.97 Å². The van der Waals surface area contributed by atoms with Crippen LogP contribution in [0.3, 0.4) is 0 Å². The number of hydrogen-bond acceptors (Lipinski definition) is 5. The highest BCUT2D eigenvalue weighted by Gasteiger charge is 2.13. The first kappa shape index (κ1) is 20.8. The Morgan fingerprint density at radius 1 is 1.11 bits per heavy atom. The van der Waals surface area contributed by atoms with E-state index in [-0.39, 0.29) is 0 Å². The number of aromatic nitrogens is 3. The molecule has 3 heterocycles. The van der Waals surface area contributed by atoms with Gasteiger partial charge >= 0.3 is 5.97 Å². The molecule has 6 heteroatoms. The highest BCUT2D eigenvalue weighted by molar-refractivity contribution is 5.66. The molecule has 1 aliphatic heterocycles. The van der Waals surface area contributed by atoms with E-state index in [0.29, 0.717) is 6.42 Å². The average Bonchev–Trinajstić information content (AvgIpc) is 3.12. The van der Waals surface area contributed by atoms with Crippen LogP contribution >= 0.6 is 0 Å². The lowest BCUT2D eigenvalue weighted by molar-refractivity contribution is -0.137. The highest BCUT2D eigenvalue weighted by atomic mass is 16.4. The molecule has 0 spiro atoms. The number of carbonyl (C=O) groups is 1. The van der Waals surface area contributed by atoms with Crippen LogP contribution in [0.5, 0.6) is 0 Å². The lowest BCUT2D eigenvalue weighted by Gasteiger charge is -2.08. The standard InChI is InChI=1S/C17H26N2O2.C4H4N2/c1-13-12-14-10-11-18-17(14)19-15(13)8-6-4-2-3-5-7-9-16(20)21;1-2-5-4-6-3-1/h12H,2-11H2,1H3,(H,18,19)(H,20,21);1-4H. The number of unbranched alkanes of at least 4 members (excludes halogenated alkanes) is 5. The number of hydrogen-bond donors (Lipinski definition) is 2. The summed E-state index contributed by atoms with van der Waals surface area (Å²) >= 11 is 0. The molecule has 2 aromatic rings. The van der Waals surface area contributed by atoms with Crippen LogP contribution in [0.25, 0.3) is 0 Å². The van der Waals surface area contributed by atoms with Crippen molar-refractivity contribution in [2.45, 2.75) is 64.7 Å². The van der Waals surface area contributed by atoms with E-state index in [1.54, 1.807) is 18.5 Å². The fourth-order valence-corrected chi connectivity index (χ4v) is 3.15. The second-order valence-electron chi connectivity index (χ2n) is 6.86. The zero-order chi connectivity index (χ0) is 19.3. The number of carboxylic acid groups (broad SMARTS) is 1. The zero-order valence-corrected chi connectivity index (χ0v) is 16.2. The van der Waals surface area contributed by atoms with E-state index in [4.69, 9.17) is 10.1 Å². The molecule has 0 saturated carbocycles. The monoisotopic (exact) mass is 370 g/mol. The summed E-state index contributed by atoms with van der Waals surface area (Å²) in [4.78, 5) is 22.5. The van der Waals surface area contributed by atoms with Crippen molar-refractivity contribution in [2.24, 2.45) is 0 Å². The summed E-state index contributed by atoms with van der Waals surface area (Å²) in [5.41, 5.74) is 3.91. The van der Waals surface area contributed by atoms with Gasteiger partial charge in [-0.2, -0.15) is 0 Å². The topological polar surface area (TPSA) is 88.0 Å². The first-order valence-corrected chi connectivity index (χ1v) is 9.82. The lowest BCUT2D eigenvalue weighted by Crippen LogP contribution is -1.99. The normalized spacial score (nSPS) is 11.9. The van der Waals surface area contributed by atoms with Crippen LogP contribution in [0, 0.1) is 6.92 Å². The van der Waals surface area contributed by atoms with Gasteiger partial charge in [0.1, 0.15) is 12.1 Å². The number of rotatable bonds is 9. The van der Waals surface area contributed by atoms with E-state index in [0.717, 1.165) is 44.5 Å². The van der Waals surface area contributed by atoms with Crippen LogP contribution in [-0.4, -0.2) is 32.6 Å². The van der Waals surface area contributed by atoms with Crippen molar-refractivity contribution in [1.82, 2.24) is 15.0 Å². The first-order valence-electron chi connectivity index (χ1n) is 9.82. The number of aliphatic carboxylic acids is 1. The van der Waals surface area contributed by atoms with Crippen molar-refractivity contribution in [3.63, 3.8) is 0 Å². The molecule has 3 rings (SSSR count). The molecule has 0 aliphatic carbocycles. The summed E-state index contributed by atoms with van der Waals surface area (Å²) in [5, 5.41) is 11.9. The molecule has 0 amide bonds. The van der Waals surface area contributed by atoms with E-state index in [2.05, 4.69) is 28.3 Å². The molecule has 0 atom stereocenters. The predicted octanol–water partition coefficient (Wildman–Crippen LogP) is 4.19. The van der Waals surface area contributed by atoms with Crippen LogP contribution in [0.2, 0.25) is 0 Å². The molecule has 0 fully saturated rings. The van der Waals surface area contributed by atoms with Crippen molar-refractivity contribution in [3.8, 4) is 0 Å². The van der Waals surface area contributed by atoms with Gasteiger partial charge in [0.15, 0.2) is 0 Å². The molecule has 2 aromatic heterocycles. The smallest absolute Gasteiger partial charge is 0.303 e. The third-order valence-electron chi connectivity index (χ3n) is 4.62. The Bertz CT molecular complexity index is 665. The molecular weight excluding hydrogens is 340 g/mol. The Balaban J connectivity index is 0.000000369. The Kier molecular flexibility index (Phi) is 9.24. The van der Waals surface area contributed by atoms with Gasteiger partial charge in [0.25, 0.3) is 0 Å². The van der Waals surface area contributed by atoms with Crippen molar-refractivity contribution in [2.75, 3.05) is 11.9 Å². The Morgan fingerprint density at radius 2 is 1.81 bits per heavy atom. The highest BCUT2D eigenvalue weighted by Crippen LogP contribution is 2.23. The maximum absolute atomic E-state index is 10.4. The van der Waals surface area contributed by atoms with Gasteiger partial charge in [0.05, 0.1) is 0 Å². The van der Waals surface area contributed by atoms with Gasteiger partial charge in [-0.25, -0.2) is 15.0 Å². The van der Waals surface area contributed by atoms with E-state index >= 15 is 0 Å². The zero-order valence-electron chi connectivity index (χ0n) is 16.2. The van der Waals surface area contributed by atoms with Gasteiger partial charge < -0.3 is 10.4 Å². The minimum absolute atomic E-state index is 0.311. The molecule has 2 N–H and O–H groups in total. The van der Waals surface area contributed by atoms with Crippen LogP contribution < -0.4 is 5.32 Å². The quantitative estimate of drug-likeness (QED) is 0.644. The number of anilines is 1. The van der Waals surface area contributed by atoms with Gasteiger partial charge in [0.2, 0.25) is 0 Å². The van der Waals surface area contributed by atoms with E-state index in [9.17, 15) is 4.79 Å². The summed E-state index contributed by atoms with van der Waals surface area (Å²) < 4.78 is 0. The maximum atomic E-state index is 10.4. The van der Waals surface area contributed by atoms with E-state index in [1.807, 2.05) is 0 Å². The molecular formula is C21H30N4O2. The van der Waals surface area contributed by atoms with Gasteiger partial charge in [-0.3, -0.25) is 4.79 Å². The summed E-state index contributed by atoms with van der Waals surface area (Å²) in [6.45, 7) is 3.18. The summed E-state index contributed by atoms with van der Waals surface area (Å²) in [6.07, 6.45) is 13.9. The number of aryl methyl sites for hydroxylation is 2. The maximum Gasteiger partial charge on any atom is 0.303 e. The van der Waals surface area contributed by atoms with Crippen LogP contribution in [0.1, 0.15) is 61.8 Å². The predicted molar refractivity (Wildman–Crippen MR) is 107 cm³/mol. The molecule has 0 radical (unpaired) electrons. The van der Waals surface area contributed by atoms with Crippen molar-refractivity contribution in [1.29, 1.82) is 0 Å². The van der Waals surface area contributed by atoms with Crippen molar-refractivity contribution >= 4 is 11.8 Å². The molecule has 0 bridgehead atoms. The molecule has 0 saturated heterocycles. The fourth-order valence-electron chi connectivity index (χ4n) is 3.15. The first-order chi connectivity index (χ1) is 13.2. The number of pyridine rings is 1. The SMILES string of the molecule is Cc1cc2c(nc1CCCCCCCCC(=O)O)NCC2.c1cncnc1. The minimum atomic E-state index is -0.679. The Labute approximate surface area is 161 Å². The molecule has 27 heavy (non-hydrogen) atoms.